The summed E-state index contributed by atoms with van der Waals surface area (Å²) in [4.78, 5) is 11.3. The largest absolute Gasteiger partial charge is 0.497 e. The monoisotopic (exact) mass is 434 g/mol. The van der Waals surface area contributed by atoms with Crippen LogP contribution in [0.5, 0.6) is 17.2 Å². The van der Waals surface area contributed by atoms with E-state index in [2.05, 4.69) is 17.1 Å². The molecule has 0 saturated heterocycles. The zero-order chi connectivity index (χ0) is 22.7. The Morgan fingerprint density at radius 1 is 1.03 bits per heavy atom. The Labute approximate surface area is 187 Å². The van der Waals surface area contributed by atoms with E-state index in [4.69, 9.17) is 19.3 Å². The van der Waals surface area contributed by atoms with Gasteiger partial charge in [0.15, 0.2) is 11.5 Å². The van der Waals surface area contributed by atoms with Crippen molar-refractivity contribution in [1.29, 1.82) is 0 Å². The lowest BCUT2D eigenvalue weighted by atomic mass is 9.95. The first kappa shape index (κ1) is 21.5. The molecule has 0 radical (unpaired) electrons. The molecule has 166 valence electrons. The fraction of sp³-hybridized carbons (Fsp3) is 0.280. The number of benzene rings is 2. The molecule has 2 aromatic rings. The van der Waals surface area contributed by atoms with Crippen molar-refractivity contribution in [2.24, 2.45) is 5.10 Å². The molecule has 2 aliphatic rings. The minimum atomic E-state index is -0.914. The van der Waals surface area contributed by atoms with E-state index in [0.717, 1.165) is 22.6 Å². The fourth-order valence-corrected chi connectivity index (χ4v) is 4.08. The van der Waals surface area contributed by atoms with E-state index in [0.29, 0.717) is 29.9 Å². The maximum absolute atomic E-state index is 11.3. The molecule has 2 atom stereocenters. The maximum atomic E-state index is 11.3. The van der Waals surface area contributed by atoms with Crippen LogP contribution in [0, 0.1) is 0 Å². The van der Waals surface area contributed by atoms with E-state index in [9.17, 15) is 9.90 Å². The molecule has 0 spiro atoms. The molecule has 1 aliphatic heterocycles. The third-order valence-corrected chi connectivity index (χ3v) is 5.82. The van der Waals surface area contributed by atoms with Crippen LogP contribution < -0.4 is 14.2 Å². The molecule has 2 aromatic carbocycles. The van der Waals surface area contributed by atoms with Crippen molar-refractivity contribution >= 4 is 11.7 Å². The minimum absolute atomic E-state index is 0.0124. The number of carbonyl (C=O) groups is 1. The molecule has 4 rings (SSSR count). The van der Waals surface area contributed by atoms with Crippen LogP contribution in [-0.2, 0) is 4.79 Å². The molecule has 0 aromatic heterocycles. The second-order valence-electron chi connectivity index (χ2n) is 7.62. The Balaban J connectivity index is 1.67. The molecule has 32 heavy (non-hydrogen) atoms. The number of aliphatic carboxylic acids is 1. The second kappa shape index (κ2) is 9.18. The molecule has 2 unspecified atom stereocenters. The smallest absolute Gasteiger partial charge is 0.335 e. The van der Waals surface area contributed by atoms with Crippen LogP contribution in [0.25, 0.3) is 0 Å². The fourth-order valence-electron chi connectivity index (χ4n) is 4.08. The highest BCUT2D eigenvalue weighted by Gasteiger charge is 2.33. The molecule has 0 bridgehead atoms. The summed E-state index contributed by atoms with van der Waals surface area (Å²) >= 11 is 0. The van der Waals surface area contributed by atoms with Crippen LogP contribution in [0.15, 0.2) is 71.4 Å². The molecule has 1 heterocycles. The van der Waals surface area contributed by atoms with E-state index in [1.165, 1.54) is 0 Å². The van der Waals surface area contributed by atoms with Gasteiger partial charge in [0, 0.05) is 12.0 Å². The van der Waals surface area contributed by atoms with Gasteiger partial charge in [-0.05, 0) is 48.4 Å². The van der Waals surface area contributed by atoms with Crippen molar-refractivity contribution < 1.29 is 24.1 Å². The quantitative estimate of drug-likeness (QED) is 0.703. The number of nitrogens with zero attached hydrogens (tertiary/aromatic N) is 2. The average Bonchev–Trinajstić information content (AvgIpc) is 3.29. The van der Waals surface area contributed by atoms with E-state index < -0.39 is 5.97 Å². The first-order chi connectivity index (χ1) is 15.5. The number of methoxy groups -OCH3 is 3. The van der Waals surface area contributed by atoms with Crippen LogP contribution in [0.4, 0.5) is 0 Å². The molecule has 7 nitrogen and oxygen atoms in total. The van der Waals surface area contributed by atoms with Gasteiger partial charge in [0.1, 0.15) is 5.75 Å². The van der Waals surface area contributed by atoms with Crippen LogP contribution in [0.2, 0.25) is 0 Å². The van der Waals surface area contributed by atoms with Gasteiger partial charge in [0.05, 0.1) is 44.7 Å². The minimum Gasteiger partial charge on any atom is -0.497 e. The summed E-state index contributed by atoms with van der Waals surface area (Å²) in [5.41, 5.74) is 3.33. The highest BCUT2D eigenvalue weighted by molar-refractivity contribution is 6.02. The standard InChI is InChI=1S/C25H26N2O5/c1-30-20-11-6-16(7-12-20)22-15-21(18-8-13-23(31-2)24(14-18)32-3)26-27(22)19-9-4-17(5-10-19)25(28)29/h4-9,11-14,19,22H,10,15H2,1-3H3,(H,28,29). The lowest BCUT2D eigenvalue weighted by Gasteiger charge is -2.31. The predicted octanol–water partition coefficient (Wildman–Crippen LogP) is 4.20. The number of hydrogen-bond acceptors (Lipinski definition) is 6. The van der Waals surface area contributed by atoms with Crippen molar-refractivity contribution in [2.75, 3.05) is 21.3 Å². The van der Waals surface area contributed by atoms with Gasteiger partial charge in [-0.25, -0.2) is 4.79 Å². The summed E-state index contributed by atoms with van der Waals surface area (Å²) in [6.45, 7) is 0. The summed E-state index contributed by atoms with van der Waals surface area (Å²) in [7, 11) is 4.87. The Kier molecular flexibility index (Phi) is 6.16. The summed E-state index contributed by atoms with van der Waals surface area (Å²) < 4.78 is 16.1. The normalized spacial score (nSPS) is 19.9. The van der Waals surface area contributed by atoms with Gasteiger partial charge in [-0.2, -0.15) is 5.10 Å². The zero-order valence-corrected chi connectivity index (χ0v) is 18.3. The highest BCUT2D eigenvalue weighted by Crippen LogP contribution is 2.38. The average molecular weight is 434 g/mol. The number of rotatable bonds is 7. The number of ether oxygens (including phenoxy) is 3. The topological polar surface area (TPSA) is 80.6 Å². The second-order valence-corrected chi connectivity index (χ2v) is 7.62. The van der Waals surface area contributed by atoms with Crippen LogP contribution in [0.1, 0.15) is 30.0 Å². The van der Waals surface area contributed by atoms with Gasteiger partial charge >= 0.3 is 5.97 Å². The molecule has 1 N–H and O–H groups in total. The number of hydrogen-bond donors (Lipinski definition) is 1. The Morgan fingerprint density at radius 2 is 1.78 bits per heavy atom. The van der Waals surface area contributed by atoms with E-state index >= 15 is 0 Å². The first-order valence-corrected chi connectivity index (χ1v) is 10.4. The van der Waals surface area contributed by atoms with Crippen LogP contribution >= 0.6 is 0 Å². The molecular formula is C25H26N2O5. The third kappa shape index (κ3) is 4.19. The zero-order valence-electron chi connectivity index (χ0n) is 18.3. The van der Waals surface area contributed by atoms with Crippen molar-refractivity contribution in [1.82, 2.24) is 5.01 Å². The van der Waals surface area contributed by atoms with E-state index in [1.54, 1.807) is 33.5 Å². The summed E-state index contributed by atoms with van der Waals surface area (Å²) in [6.07, 6.45) is 6.61. The summed E-state index contributed by atoms with van der Waals surface area (Å²) in [6, 6.07) is 13.8. The number of carboxylic acid groups (broad SMARTS) is 1. The Hall–Kier alpha value is -3.74. The van der Waals surface area contributed by atoms with Gasteiger partial charge in [0.2, 0.25) is 0 Å². The molecule has 0 amide bonds. The third-order valence-electron chi connectivity index (χ3n) is 5.82. The van der Waals surface area contributed by atoms with E-state index in [1.807, 2.05) is 36.4 Å². The lowest BCUT2D eigenvalue weighted by Crippen LogP contribution is -2.31. The summed E-state index contributed by atoms with van der Waals surface area (Å²) in [5.74, 6) is 1.20. The molecule has 0 saturated carbocycles. The van der Waals surface area contributed by atoms with Gasteiger partial charge < -0.3 is 19.3 Å². The molecule has 7 heteroatoms. The maximum Gasteiger partial charge on any atom is 0.335 e. The Morgan fingerprint density at radius 3 is 2.38 bits per heavy atom. The van der Waals surface area contributed by atoms with Crippen LogP contribution in [-0.4, -0.2) is 49.2 Å². The predicted molar refractivity (Wildman–Crippen MR) is 122 cm³/mol. The highest BCUT2D eigenvalue weighted by atomic mass is 16.5. The Bertz CT molecular complexity index is 1090. The first-order valence-electron chi connectivity index (χ1n) is 10.4. The summed E-state index contributed by atoms with van der Waals surface area (Å²) in [5, 5.41) is 16.3. The van der Waals surface area contributed by atoms with Gasteiger partial charge in [-0.15, -0.1) is 0 Å². The van der Waals surface area contributed by atoms with Crippen molar-refractivity contribution in [3.8, 4) is 17.2 Å². The van der Waals surface area contributed by atoms with E-state index in [-0.39, 0.29) is 12.1 Å². The number of hydrazone groups is 1. The van der Waals surface area contributed by atoms with Crippen LogP contribution in [0.3, 0.4) is 0 Å². The van der Waals surface area contributed by atoms with Crippen molar-refractivity contribution in [3.63, 3.8) is 0 Å². The molecule has 0 fully saturated rings. The number of carboxylic acids is 1. The SMILES string of the molecule is COc1ccc(C2CC(c3ccc(OC)c(OC)c3)=NN2C2C=CC(C(=O)O)=CC2)cc1. The molecular weight excluding hydrogens is 408 g/mol. The van der Waals surface area contributed by atoms with Gasteiger partial charge in [-0.1, -0.05) is 24.3 Å². The van der Waals surface area contributed by atoms with Crippen molar-refractivity contribution in [2.45, 2.75) is 24.9 Å². The lowest BCUT2D eigenvalue weighted by molar-refractivity contribution is -0.132. The molecule has 1 aliphatic carbocycles. The van der Waals surface area contributed by atoms with Gasteiger partial charge in [-0.3, -0.25) is 5.01 Å². The van der Waals surface area contributed by atoms with Gasteiger partial charge in [0.25, 0.3) is 0 Å². The van der Waals surface area contributed by atoms with Crippen molar-refractivity contribution in [3.05, 3.63) is 77.4 Å².